The summed E-state index contributed by atoms with van der Waals surface area (Å²) in [6, 6.07) is 27.3. The van der Waals surface area contributed by atoms with Crippen LogP contribution in [0.5, 0.6) is 0 Å². The molecule has 0 unspecified atom stereocenters. The van der Waals surface area contributed by atoms with E-state index in [9.17, 15) is 4.79 Å². The summed E-state index contributed by atoms with van der Waals surface area (Å²) < 4.78 is 0. The molecule has 4 heteroatoms. The number of carbonyl (C=O) groups is 1. The summed E-state index contributed by atoms with van der Waals surface area (Å²) in [4.78, 5) is 19.0. The lowest BCUT2D eigenvalue weighted by atomic mass is 10.1. The second-order valence-corrected chi connectivity index (χ2v) is 6.24. The number of para-hydroxylation sites is 1. The number of carbonyl (C=O) groups excluding carboxylic acids is 1. The average molecular weight is 353 g/mol. The van der Waals surface area contributed by atoms with E-state index in [1.165, 1.54) is 0 Å². The van der Waals surface area contributed by atoms with Crippen LogP contribution in [-0.4, -0.2) is 11.0 Å². The molecule has 2 amide bonds. The van der Waals surface area contributed by atoms with Crippen molar-refractivity contribution in [2.75, 3.05) is 10.2 Å². The number of pyridine rings is 1. The molecule has 3 aromatic carbocycles. The molecule has 0 aliphatic carbocycles. The van der Waals surface area contributed by atoms with Crippen LogP contribution in [0.3, 0.4) is 0 Å². The number of urea groups is 1. The van der Waals surface area contributed by atoms with Crippen LogP contribution in [0.15, 0.2) is 97.3 Å². The van der Waals surface area contributed by atoms with Crippen LogP contribution in [0.2, 0.25) is 0 Å². The Morgan fingerprint density at radius 3 is 2.33 bits per heavy atom. The molecule has 0 radical (unpaired) electrons. The van der Waals surface area contributed by atoms with Gasteiger partial charge in [-0.25, -0.2) is 4.79 Å². The van der Waals surface area contributed by atoms with Gasteiger partial charge in [-0.1, -0.05) is 54.6 Å². The highest BCUT2D eigenvalue weighted by Gasteiger charge is 2.18. The minimum Gasteiger partial charge on any atom is -0.308 e. The molecule has 0 spiro atoms. The van der Waals surface area contributed by atoms with Crippen LogP contribution >= 0.6 is 0 Å². The van der Waals surface area contributed by atoms with E-state index in [0.29, 0.717) is 6.54 Å². The molecule has 4 nitrogen and oxygen atoms in total. The van der Waals surface area contributed by atoms with E-state index in [1.54, 1.807) is 17.3 Å². The van der Waals surface area contributed by atoms with E-state index in [0.717, 1.165) is 27.7 Å². The van der Waals surface area contributed by atoms with Crippen LogP contribution in [-0.2, 0) is 6.54 Å². The molecule has 0 atom stereocenters. The van der Waals surface area contributed by atoms with Gasteiger partial charge in [0.05, 0.1) is 12.2 Å². The highest BCUT2D eigenvalue weighted by Crippen LogP contribution is 2.28. The van der Waals surface area contributed by atoms with E-state index in [4.69, 9.17) is 0 Å². The summed E-state index contributed by atoms with van der Waals surface area (Å²) in [6.45, 7) is 0.454. The molecule has 0 aliphatic rings. The van der Waals surface area contributed by atoms with Crippen molar-refractivity contribution in [2.45, 2.75) is 6.54 Å². The largest absolute Gasteiger partial charge is 0.326 e. The molecule has 27 heavy (non-hydrogen) atoms. The second kappa shape index (κ2) is 7.70. The number of aromatic nitrogens is 1. The van der Waals surface area contributed by atoms with Crippen molar-refractivity contribution in [3.8, 4) is 0 Å². The Labute approximate surface area is 158 Å². The summed E-state index contributed by atoms with van der Waals surface area (Å²) in [5.74, 6) is 0. The van der Waals surface area contributed by atoms with Crippen molar-refractivity contribution in [2.24, 2.45) is 0 Å². The van der Waals surface area contributed by atoms with Gasteiger partial charge in [0.25, 0.3) is 0 Å². The Hall–Kier alpha value is -3.66. The van der Waals surface area contributed by atoms with Crippen LogP contribution in [0.25, 0.3) is 10.8 Å². The minimum atomic E-state index is -0.172. The number of hydrogen-bond acceptors (Lipinski definition) is 2. The first-order chi connectivity index (χ1) is 13.3. The topological polar surface area (TPSA) is 45.2 Å². The normalized spacial score (nSPS) is 10.5. The predicted molar refractivity (Wildman–Crippen MR) is 110 cm³/mol. The standard InChI is InChI=1S/C23H19N3O/c27-23(25-20-9-2-1-3-10-20)26(17-18-13-15-24-16-14-18)22-12-6-8-19-7-4-5-11-21(19)22/h1-16H,17H2,(H,25,27). The van der Waals surface area contributed by atoms with Crippen LogP contribution < -0.4 is 10.2 Å². The quantitative estimate of drug-likeness (QED) is 0.528. The summed E-state index contributed by atoms with van der Waals surface area (Å²) in [5, 5.41) is 5.14. The van der Waals surface area contributed by atoms with Gasteiger partial charge in [-0.2, -0.15) is 0 Å². The molecule has 0 saturated heterocycles. The van der Waals surface area contributed by atoms with Gasteiger partial charge >= 0.3 is 6.03 Å². The molecule has 132 valence electrons. The Bertz CT molecular complexity index is 1040. The van der Waals surface area contributed by atoms with Crippen molar-refractivity contribution in [3.05, 3.63) is 103 Å². The first kappa shape index (κ1) is 16.8. The maximum atomic E-state index is 13.2. The smallest absolute Gasteiger partial charge is 0.308 e. The molecule has 0 bridgehead atoms. The zero-order valence-electron chi connectivity index (χ0n) is 14.7. The third kappa shape index (κ3) is 3.80. The summed E-state index contributed by atoms with van der Waals surface area (Å²) in [6.07, 6.45) is 3.48. The fraction of sp³-hybridized carbons (Fsp3) is 0.0435. The van der Waals surface area contributed by atoms with Gasteiger partial charge in [0.2, 0.25) is 0 Å². The lowest BCUT2D eigenvalue weighted by Crippen LogP contribution is -2.34. The highest BCUT2D eigenvalue weighted by molar-refractivity contribution is 6.07. The average Bonchev–Trinajstić information content (AvgIpc) is 2.73. The molecule has 4 rings (SSSR count). The predicted octanol–water partition coefficient (Wildman–Crippen LogP) is 5.47. The third-order valence-electron chi connectivity index (χ3n) is 4.42. The molecule has 0 fully saturated rings. The van der Waals surface area contributed by atoms with Crippen molar-refractivity contribution < 1.29 is 4.79 Å². The number of nitrogens with one attached hydrogen (secondary N) is 1. The molecule has 1 N–H and O–H groups in total. The first-order valence-electron chi connectivity index (χ1n) is 8.81. The number of benzene rings is 3. The number of fused-ring (bicyclic) bond motifs is 1. The van der Waals surface area contributed by atoms with E-state index in [2.05, 4.69) is 22.4 Å². The number of anilines is 2. The fourth-order valence-corrected chi connectivity index (χ4v) is 3.09. The van der Waals surface area contributed by atoms with Gasteiger partial charge in [0.1, 0.15) is 0 Å². The fourth-order valence-electron chi connectivity index (χ4n) is 3.09. The van der Waals surface area contributed by atoms with Gasteiger partial charge in [-0.15, -0.1) is 0 Å². The first-order valence-corrected chi connectivity index (χ1v) is 8.81. The van der Waals surface area contributed by atoms with Crippen molar-refractivity contribution in [1.29, 1.82) is 0 Å². The van der Waals surface area contributed by atoms with Crippen molar-refractivity contribution >= 4 is 28.2 Å². The zero-order valence-corrected chi connectivity index (χ0v) is 14.7. The van der Waals surface area contributed by atoms with Crippen LogP contribution in [0, 0.1) is 0 Å². The van der Waals surface area contributed by atoms with E-state index < -0.39 is 0 Å². The highest BCUT2D eigenvalue weighted by atomic mass is 16.2. The number of hydrogen-bond donors (Lipinski definition) is 1. The molecule has 0 saturated carbocycles. The molecular weight excluding hydrogens is 334 g/mol. The molecular formula is C23H19N3O. The Balaban J connectivity index is 1.74. The van der Waals surface area contributed by atoms with Crippen LogP contribution in [0.1, 0.15) is 5.56 Å². The molecule has 0 aliphatic heterocycles. The van der Waals surface area contributed by atoms with Gasteiger partial charge < -0.3 is 5.32 Å². The summed E-state index contributed by atoms with van der Waals surface area (Å²) in [7, 11) is 0. The Kier molecular flexibility index (Phi) is 4.79. The van der Waals surface area contributed by atoms with Gasteiger partial charge in [-0.05, 0) is 41.3 Å². The van der Waals surface area contributed by atoms with Gasteiger partial charge in [0.15, 0.2) is 0 Å². The SMILES string of the molecule is O=C(Nc1ccccc1)N(Cc1ccncc1)c1cccc2ccccc12. The Morgan fingerprint density at radius 1 is 0.815 bits per heavy atom. The molecule has 4 aromatic rings. The summed E-state index contributed by atoms with van der Waals surface area (Å²) >= 11 is 0. The lowest BCUT2D eigenvalue weighted by molar-refractivity contribution is 0.256. The van der Waals surface area contributed by atoms with E-state index in [-0.39, 0.29) is 6.03 Å². The van der Waals surface area contributed by atoms with Crippen molar-refractivity contribution in [3.63, 3.8) is 0 Å². The maximum absolute atomic E-state index is 13.2. The number of rotatable bonds is 4. The van der Waals surface area contributed by atoms with Crippen molar-refractivity contribution in [1.82, 2.24) is 4.98 Å². The lowest BCUT2D eigenvalue weighted by Gasteiger charge is -2.25. The summed E-state index contributed by atoms with van der Waals surface area (Å²) in [5.41, 5.74) is 2.65. The van der Waals surface area contributed by atoms with E-state index in [1.807, 2.05) is 72.8 Å². The van der Waals surface area contributed by atoms with E-state index >= 15 is 0 Å². The maximum Gasteiger partial charge on any atom is 0.326 e. The monoisotopic (exact) mass is 353 g/mol. The molecule has 1 heterocycles. The number of nitrogens with zero attached hydrogens (tertiary/aromatic N) is 2. The van der Waals surface area contributed by atoms with Gasteiger partial charge in [-0.3, -0.25) is 9.88 Å². The second-order valence-electron chi connectivity index (χ2n) is 6.24. The minimum absolute atomic E-state index is 0.172. The third-order valence-corrected chi connectivity index (χ3v) is 4.42. The Morgan fingerprint density at radius 2 is 1.52 bits per heavy atom. The number of amides is 2. The van der Waals surface area contributed by atoms with Crippen LogP contribution in [0.4, 0.5) is 16.2 Å². The van der Waals surface area contributed by atoms with Gasteiger partial charge in [0, 0.05) is 23.5 Å². The molecule has 1 aromatic heterocycles. The zero-order chi connectivity index (χ0) is 18.5.